The number of rotatable bonds is 6. The van der Waals surface area contributed by atoms with E-state index in [1.165, 1.54) is 0 Å². The number of carbonyl (C=O) groups excluding carboxylic acids is 1. The van der Waals surface area contributed by atoms with Crippen LogP contribution in [0.3, 0.4) is 0 Å². The molecule has 144 valence electrons. The molecular formula is C21H27N3O3. The van der Waals surface area contributed by atoms with E-state index < -0.39 is 11.9 Å². The normalized spacial score (nSPS) is 19.6. The van der Waals surface area contributed by atoms with Crippen molar-refractivity contribution in [1.82, 2.24) is 14.7 Å². The molecule has 1 amide bonds. The van der Waals surface area contributed by atoms with Gasteiger partial charge in [0.15, 0.2) is 5.69 Å². The van der Waals surface area contributed by atoms with Gasteiger partial charge in [-0.3, -0.25) is 14.3 Å². The Hall–Kier alpha value is -2.63. The molecule has 2 heterocycles. The molecule has 0 spiro atoms. The summed E-state index contributed by atoms with van der Waals surface area (Å²) in [4.78, 5) is 26.4. The number of aromatic nitrogens is 2. The molecular weight excluding hydrogens is 342 g/mol. The highest BCUT2D eigenvalue weighted by Gasteiger charge is 2.41. The molecule has 6 heteroatoms. The maximum atomic E-state index is 13.0. The molecule has 0 bridgehead atoms. The van der Waals surface area contributed by atoms with Crippen molar-refractivity contribution < 1.29 is 14.7 Å². The highest BCUT2D eigenvalue weighted by Crippen LogP contribution is 2.33. The van der Waals surface area contributed by atoms with Gasteiger partial charge in [-0.05, 0) is 31.4 Å². The molecule has 0 aliphatic carbocycles. The van der Waals surface area contributed by atoms with Gasteiger partial charge >= 0.3 is 5.97 Å². The summed E-state index contributed by atoms with van der Waals surface area (Å²) < 4.78 is 1.92. The first-order valence-electron chi connectivity index (χ1n) is 9.59. The van der Waals surface area contributed by atoms with Gasteiger partial charge in [-0.1, -0.05) is 44.2 Å². The van der Waals surface area contributed by atoms with E-state index in [1.807, 2.05) is 48.0 Å². The lowest BCUT2D eigenvalue weighted by atomic mass is 9.89. The SMILES string of the molecule is CCC(CC)n1nc(C(=O)N2C[C@H](C(=O)O)[C@H](c3ccccc3)C2)cc1C. The monoisotopic (exact) mass is 369 g/mol. The van der Waals surface area contributed by atoms with Gasteiger partial charge in [0.05, 0.1) is 12.0 Å². The van der Waals surface area contributed by atoms with Crippen LogP contribution >= 0.6 is 0 Å². The number of carboxylic acids is 1. The van der Waals surface area contributed by atoms with Crippen LogP contribution in [-0.2, 0) is 4.79 Å². The van der Waals surface area contributed by atoms with Gasteiger partial charge < -0.3 is 10.0 Å². The minimum Gasteiger partial charge on any atom is -0.481 e. The van der Waals surface area contributed by atoms with Crippen molar-refractivity contribution in [1.29, 1.82) is 0 Å². The molecule has 1 aromatic carbocycles. The lowest BCUT2D eigenvalue weighted by Crippen LogP contribution is -2.30. The van der Waals surface area contributed by atoms with Crippen molar-refractivity contribution >= 4 is 11.9 Å². The molecule has 0 radical (unpaired) electrons. The third kappa shape index (κ3) is 3.75. The molecule has 1 aliphatic rings. The summed E-state index contributed by atoms with van der Waals surface area (Å²) in [6, 6.07) is 11.7. The lowest BCUT2D eigenvalue weighted by molar-refractivity contribution is -0.141. The summed E-state index contributed by atoms with van der Waals surface area (Å²) in [6.07, 6.45) is 1.90. The van der Waals surface area contributed by atoms with Crippen LogP contribution < -0.4 is 0 Å². The number of carboxylic acid groups (broad SMARTS) is 1. The molecule has 0 saturated carbocycles. The average molecular weight is 369 g/mol. The molecule has 1 N–H and O–H groups in total. The highest BCUT2D eigenvalue weighted by atomic mass is 16.4. The Morgan fingerprint density at radius 3 is 2.44 bits per heavy atom. The van der Waals surface area contributed by atoms with E-state index >= 15 is 0 Å². The maximum absolute atomic E-state index is 13.0. The van der Waals surface area contributed by atoms with Crippen molar-refractivity contribution in [3.63, 3.8) is 0 Å². The van der Waals surface area contributed by atoms with Gasteiger partial charge in [-0.2, -0.15) is 5.10 Å². The Morgan fingerprint density at radius 1 is 1.19 bits per heavy atom. The Kier molecular flexibility index (Phi) is 5.63. The van der Waals surface area contributed by atoms with Gasteiger partial charge in [0.25, 0.3) is 5.91 Å². The molecule has 3 rings (SSSR count). The Bertz CT molecular complexity index is 811. The zero-order chi connectivity index (χ0) is 19.6. The Labute approximate surface area is 159 Å². The number of nitrogens with zero attached hydrogens (tertiary/aromatic N) is 3. The molecule has 1 saturated heterocycles. The predicted octanol–water partition coefficient (Wildman–Crippen LogP) is 3.49. The van der Waals surface area contributed by atoms with E-state index in [2.05, 4.69) is 18.9 Å². The van der Waals surface area contributed by atoms with E-state index in [1.54, 1.807) is 4.90 Å². The maximum Gasteiger partial charge on any atom is 0.308 e. The van der Waals surface area contributed by atoms with Crippen LogP contribution in [0.5, 0.6) is 0 Å². The Balaban J connectivity index is 1.84. The fourth-order valence-corrected chi connectivity index (χ4v) is 4.02. The third-order valence-corrected chi connectivity index (χ3v) is 5.58. The number of aryl methyl sites for hydroxylation is 1. The lowest BCUT2D eigenvalue weighted by Gasteiger charge is -2.16. The van der Waals surface area contributed by atoms with Crippen molar-refractivity contribution in [3.8, 4) is 0 Å². The van der Waals surface area contributed by atoms with E-state index in [9.17, 15) is 14.7 Å². The predicted molar refractivity (Wildman–Crippen MR) is 103 cm³/mol. The number of hydrogen-bond acceptors (Lipinski definition) is 3. The zero-order valence-corrected chi connectivity index (χ0v) is 16.1. The summed E-state index contributed by atoms with van der Waals surface area (Å²) in [6.45, 7) is 6.79. The summed E-state index contributed by atoms with van der Waals surface area (Å²) in [7, 11) is 0. The zero-order valence-electron chi connectivity index (χ0n) is 16.1. The van der Waals surface area contributed by atoms with E-state index in [0.29, 0.717) is 12.2 Å². The molecule has 0 unspecified atom stereocenters. The van der Waals surface area contributed by atoms with Gasteiger partial charge in [0.1, 0.15) is 0 Å². The summed E-state index contributed by atoms with van der Waals surface area (Å²) >= 11 is 0. The quantitative estimate of drug-likeness (QED) is 0.846. The molecule has 1 fully saturated rings. The standard InChI is InChI=1S/C21H27N3O3/c1-4-16(5-2)24-14(3)11-19(22-24)20(25)23-12-17(18(13-23)21(26)27)15-9-7-6-8-10-15/h6-11,16-18H,4-5,12-13H2,1-3H3,(H,26,27)/t17-,18-/m0/s1. The van der Waals surface area contributed by atoms with Gasteiger partial charge in [-0.15, -0.1) is 0 Å². The van der Waals surface area contributed by atoms with Gasteiger partial charge in [0.2, 0.25) is 0 Å². The molecule has 27 heavy (non-hydrogen) atoms. The van der Waals surface area contributed by atoms with E-state index in [0.717, 1.165) is 24.1 Å². The van der Waals surface area contributed by atoms with Gasteiger partial charge in [-0.25, -0.2) is 0 Å². The second-order valence-corrected chi connectivity index (χ2v) is 7.26. The van der Waals surface area contributed by atoms with Crippen molar-refractivity contribution in [3.05, 3.63) is 53.3 Å². The number of amides is 1. The topological polar surface area (TPSA) is 75.4 Å². The van der Waals surface area contributed by atoms with E-state index in [-0.39, 0.29) is 24.4 Å². The largest absolute Gasteiger partial charge is 0.481 e. The first-order chi connectivity index (χ1) is 13.0. The highest BCUT2D eigenvalue weighted by molar-refractivity contribution is 5.93. The van der Waals surface area contributed by atoms with Crippen LogP contribution in [0.15, 0.2) is 36.4 Å². The smallest absolute Gasteiger partial charge is 0.308 e. The first kappa shape index (κ1) is 19.1. The van der Waals surface area contributed by atoms with Crippen molar-refractivity contribution in [2.75, 3.05) is 13.1 Å². The third-order valence-electron chi connectivity index (χ3n) is 5.58. The van der Waals surface area contributed by atoms with Crippen LogP contribution in [-0.4, -0.2) is 44.8 Å². The molecule has 2 atom stereocenters. The van der Waals surface area contributed by atoms with Crippen LogP contribution in [0.1, 0.15) is 60.4 Å². The minimum atomic E-state index is -0.863. The van der Waals surface area contributed by atoms with Crippen molar-refractivity contribution in [2.45, 2.75) is 45.6 Å². The summed E-state index contributed by atoms with van der Waals surface area (Å²) in [5.41, 5.74) is 2.32. The van der Waals surface area contributed by atoms with Crippen LogP contribution in [0, 0.1) is 12.8 Å². The molecule has 2 aromatic rings. The molecule has 1 aliphatic heterocycles. The van der Waals surface area contributed by atoms with Crippen LogP contribution in [0.25, 0.3) is 0 Å². The number of carbonyl (C=O) groups is 2. The number of hydrogen-bond donors (Lipinski definition) is 1. The van der Waals surface area contributed by atoms with Crippen LogP contribution in [0.2, 0.25) is 0 Å². The number of aliphatic carboxylic acids is 1. The summed E-state index contributed by atoms with van der Waals surface area (Å²) in [5.74, 6) is -1.85. The minimum absolute atomic E-state index is 0.188. The van der Waals surface area contributed by atoms with Crippen molar-refractivity contribution in [2.24, 2.45) is 5.92 Å². The van der Waals surface area contributed by atoms with E-state index in [4.69, 9.17) is 0 Å². The second kappa shape index (κ2) is 7.94. The van der Waals surface area contributed by atoms with Gasteiger partial charge in [0, 0.05) is 24.7 Å². The van der Waals surface area contributed by atoms with Crippen LogP contribution in [0.4, 0.5) is 0 Å². The number of benzene rings is 1. The first-order valence-corrected chi connectivity index (χ1v) is 9.59. The summed E-state index contributed by atoms with van der Waals surface area (Å²) in [5, 5.41) is 14.2. The second-order valence-electron chi connectivity index (χ2n) is 7.26. The fourth-order valence-electron chi connectivity index (χ4n) is 4.02. The number of likely N-dealkylation sites (tertiary alicyclic amines) is 1. The average Bonchev–Trinajstić information content (AvgIpc) is 3.28. The molecule has 1 aromatic heterocycles. The fraction of sp³-hybridized carbons (Fsp3) is 0.476. The molecule has 6 nitrogen and oxygen atoms in total. The Morgan fingerprint density at radius 2 is 1.85 bits per heavy atom.